The van der Waals surface area contributed by atoms with Crippen molar-refractivity contribution in [1.29, 1.82) is 0 Å². The van der Waals surface area contributed by atoms with Gasteiger partial charge in [0.05, 0.1) is 0 Å². The highest BCUT2D eigenvalue weighted by Crippen LogP contribution is 2.40. The highest BCUT2D eigenvalue weighted by atomic mass is 19.4. The smallest absolute Gasteiger partial charge is 0.427 e. The summed E-state index contributed by atoms with van der Waals surface area (Å²) in [5.74, 6) is -0.659. The standard InChI is InChI=1S/C20H27F3O4/c1-5-14(4)15-8-9-16(26-20(21,22)23)17(12-15)25-18(24)27-19(13(2)3)10-6-7-11-19/h8-9,12-14H,5-7,10-11H2,1-4H3. The Morgan fingerprint density at radius 3 is 2.30 bits per heavy atom. The van der Waals surface area contributed by atoms with Crippen molar-refractivity contribution in [1.82, 2.24) is 0 Å². The first kappa shape index (κ1) is 21.4. The van der Waals surface area contributed by atoms with Crippen LogP contribution < -0.4 is 9.47 Å². The summed E-state index contributed by atoms with van der Waals surface area (Å²) in [4.78, 5) is 12.4. The van der Waals surface area contributed by atoms with Gasteiger partial charge in [-0.2, -0.15) is 0 Å². The molecule has 0 spiro atoms. The molecule has 0 saturated heterocycles. The number of halogens is 3. The maximum Gasteiger partial charge on any atom is 0.573 e. The fourth-order valence-corrected chi connectivity index (χ4v) is 3.40. The third kappa shape index (κ3) is 5.53. The normalized spacial score (nSPS) is 17.6. The molecule has 0 aromatic heterocycles. The van der Waals surface area contributed by atoms with E-state index in [0.29, 0.717) is 0 Å². The average molecular weight is 388 g/mol. The number of carbonyl (C=O) groups is 1. The zero-order valence-corrected chi connectivity index (χ0v) is 16.2. The highest BCUT2D eigenvalue weighted by Gasteiger charge is 2.41. The molecule has 1 aromatic carbocycles. The monoisotopic (exact) mass is 388 g/mol. The number of rotatable bonds is 6. The van der Waals surface area contributed by atoms with Crippen LogP contribution in [-0.2, 0) is 4.74 Å². The van der Waals surface area contributed by atoms with Gasteiger partial charge in [0.25, 0.3) is 0 Å². The van der Waals surface area contributed by atoms with Crippen LogP contribution in [-0.4, -0.2) is 18.1 Å². The highest BCUT2D eigenvalue weighted by molar-refractivity contribution is 5.66. The van der Waals surface area contributed by atoms with Crippen LogP contribution in [0.5, 0.6) is 11.5 Å². The summed E-state index contributed by atoms with van der Waals surface area (Å²) in [7, 11) is 0. The molecule has 1 aliphatic rings. The lowest BCUT2D eigenvalue weighted by Crippen LogP contribution is -2.38. The van der Waals surface area contributed by atoms with E-state index < -0.39 is 23.9 Å². The Kier molecular flexibility index (Phi) is 6.65. The maximum absolute atomic E-state index is 12.7. The zero-order chi connectivity index (χ0) is 20.2. The van der Waals surface area contributed by atoms with Gasteiger partial charge in [0, 0.05) is 0 Å². The molecule has 0 aliphatic heterocycles. The molecule has 1 fully saturated rings. The minimum atomic E-state index is -4.88. The van der Waals surface area contributed by atoms with Crippen molar-refractivity contribution in [2.75, 3.05) is 0 Å². The molecule has 0 bridgehead atoms. The number of hydrogen-bond donors (Lipinski definition) is 0. The Hall–Kier alpha value is -1.92. The summed E-state index contributed by atoms with van der Waals surface area (Å²) in [6, 6.07) is 4.12. The van der Waals surface area contributed by atoms with E-state index in [9.17, 15) is 18.0 Å². The third-order valence-electron chi connectivity index (χ3n) is 5.36. The molecule has 0 N–H and O–H groups in total. The molecule has 7 heteroatoms. The molecule has 1 unspecified atom stereocenters. The molecule has 1 saturated carbocycles. The molecule has 0 radical (unpaired) electrons. The van der Waals surface area contributed by atoms with Gasteiger partial charge in [-0.3, -0.25) is 0 Å². The minimum absolute atomic E-state index is 0.0879. The van der Waals surface area contributed by atoms with Gasteiger partial charge in [-0.15, -0.1) is 13.2 Å². The van der Waals surface area contributed by atoms with Gasteiger partial charge >= 0.3 is 12.5 Å². The second-order valence-corrected chi connectivity index (χ2v) is 7.44. The van der Waals surface area contributed by atoms with Gasteiger partial charge < -0.3 is 14.2 Å². The number of carbonyl (C=O) groups excluding carboxylic acids is 1. The summed E-state index contributed by atoms with van der Waals surface area (Å²) in [6.07, 6.45) is -1.77. The molecular formula is C20H27F3O4. The lowest BCUT2D eigenvalue weighted by Gasteiger charge is -2.32. The first-order chi connectivity index (χ1) is 12.6. The van der Waals surface area contributed by atoms with Gasteiger partial charge in [0.2, 0.25) is 0 Å². The molecule has 27 heavy (non-hydrogen) atoms. The zero-order valence-electron chi connectivity index (χ0n) is 16.2. The van der Waals surface area contributed by atoms with Crippen LogP contribution in [0.25, 0.3) is 0 Å². The second kappa shape index (κ2) is 8.40. The molecule has 4 nitrogen and oxygen atoms in total. The van der Waals surface area contributed by atoms with Crippen LogP contribution in [0.3, 0.4) is 0 Å². The summed E-state index contributed by atoms with van der Waals surface area (Å²) in [6.45, 7) is 7.82. The topological polar surface area (TPSA) is 44.8 Å². The molecule has 2 rings (SSSR count). The SMILES string of the molecule is CCC(C)c1ccc(OC(F)(F)F)c(OC(=O)OC2(C(C)C)CCCC2)c1. The Labute approximate surface area is 158 Å². The average Bonchev–Trinajstić information content (AvgIpc) is 3.04. The summed E-state index contributed by atoms with van der Waals surface area (Å²) in [5, 5.41) is 0. The van der Waals surface area contributed by atoms with Crippen molar-refractivity contribution in [3.63, 3.8) is 0 Å². The van der Waals surface area contributed by atoms with E-state index in [-0.39, 0.29) is 17.6 Å². The van der Waals surface area contributed by atoms with E-state index in [1.807, 2.05) is 27.7 Å². The second-order valence-electron chi connectivity index (χ2n) is 7.44. The predicted octanol–water partition coefficient (Wildman–Crippen LogP) is 6.58. The number of hydrogen-bond acceptors (Lipinski definition) is 4. The minimum Gasteiger partial charge on any atom is -0.427 e. The molecule has 0 amide bonds. The lowest BCUT2D eigenvalue weighted by molar-refractivity contribution is -0.275. The van der Waals surface area contributed by atoms with Crippen LogP contribution in [0.1, 0.15) is 71.3 Å². The molecule has 1 atom stereocenters. The fourth-order valence-electron chi connectivity index (χ4n) is 3.40. The number of benzene rings is 1. The summed E-state index contributed by atoms with van der Waals surface area (Å²) < 4.78 is 52.8. The quantitative estimate of drug-likeness (QED) is 0.408. The van der Waals surface area contributed by atoms with Crippen LogP contribution in [0.2, 0.25) is 0 Å². The summed E-state index contributed by atoms with van der Waals surface area (Å²) >= 11 is 0. The van der Waals surface area contributed by atoms with Crippen LogP contribution >= 0.6 is 0 Å². The molecule has 152 valence electrons. The van der Waals surface area contributed by atoms with Crippen molar-refractivity contribution in [2.45, 2.75) is 77.7 Å². The van der Waals surface area contributed by atoms with Crippen molar-refractivity contribution in [3.8, 4) is 11.5 Å². The van der Waals surface area contributed by atoms with Gasteiger partial charge in [-0.05, 0) is 61.6 Å². The van der Waals surface area contributed by atoms with E-state index in [1.165, 1.54) is 12.1 Å². The number of alkyl halides is 3. The van der Waals surface area contributed by atoms with Gasteiger partial charge in [0.15, 0.2) is 11.5 Å². The van der Waals surface area contributed by atoms with Crippen LogP contribution in [0.4, 0.5) is 18.0 Å². The Morgan fingerprint density at radius 2 is 1.78 bits per heavy atom. The van der Waals surface area contributed by atoms with E-state index >= 15 is 0 Å². The Bertz CT molecular complexity index is 649. The first-order valence-electron chi connectivity index (χ1n) is 9.37. The van der Waals surface area contributed by atoms with Gasteiger partial charge in [-0.1, -0.05) is 33.8 Å². The van der Waals surface area contributed by atoms with Crippen molar-refractivity contribution < 1.29 is 32.2 Å². The first-order valence-corrected chi connectivity index (χ1v) is 9.37. The van der Waals surface area contributed by atoms with Crippen LogP contribution in [0.15, 0.2) is 18.2 Å². The third-order valence-corrected chi connectivity index (χ3v) is 5.36. The van der Waals surface area contributed by atoms with Crippen molar-refractivity contribution in [2.24, 2.45) is 5.92 Å². The molecular weight excluding hydrogens is 361 g/mol. The van der Waals surface area contributed by atoms with Gasteiger partial charge in [0.1, 0.15) is 5.60 Å². The number of ether oxygens (including phenoxy) is 3. The van der Waals surface area contributed by atoms with Crippen molar-refractivity contribution in [3.05, 3.63) is 23.8 Å². The Balaban J connectivity index is 2.24. The van der Waals surface area contributed by atoms with E-state index in [4.69, 9.17) is 9.47 Å². The molecule has 1 aromatic rings. The summed E-state index contributed by atoms with van der Waals surface area (Å²) in [5.41, 5.74) is 0.130. The maximum atomic E-state index is 12.7. The fraction of sp³-hybridized carbons (Fsp3) is 0.650. The van der Waals surface area contributed by atoms with Crippen molar-refractivity contribution >= 4 is 6.16 Å². The molecule has 1 aliphatic carbocycles. The largest absolute Gasteiger partial charge is 0.573 e. The van der Waals surface area contributed by atoms with Gasteiger partial charge in [-0.25, -0.2) is 4.79 Å². The van der Waals surface area contributed by atoms with Crippen LogP contribution in [0, 0.1) is 5.92 Å². The van der Waals surface area contributed by atoms with E-state index in [0.717, 1.165) is 37.7 Å². The van der Waals surface area contributed by atoms with E-state index in [2.05, 4.69) is 4.74 Å². The predicted molar refractivity (Wildman–Crippen MR) is 95.0 cm³/mol. The lowest BCUT2D eigenvalue weighted by atomic mass is 9.88. The Morgan fingerprint density at radius 1 is 1.15 bits per heavy atom. The molecule has 0 heterocycles. The van der Waals surface area contributed by atoms with E-state index in [1.54, 1.807) is 6.07 Å².